The molecule has 152 valence electrons. The topological polar surface area (TPSA) is 98.1 Å². The van der Waals surface area contributed by atoms with Crippen molar-refractivity contribution < 1.29 is 19.1 Å². The van der Waals surface area contributed by atoms with Crippen molar-refractivity contribution in [1.82, 2.24) is 14.3 Å². The molecule has 0 N–H and O–H groups in total. The minimum Gasteiger partial charge on any atom is -0.458 e. The van der Waals surface area contributed by atoms with E-state index < -0.39 is 23.8 Å². The zero-order valence-corrected chi connectivity index (χ0v) is 16.7. The Balaban J connectivity index is 1.50. The predicted molar refractivity (Wildman–Crippen MR) is 107 cm³/mol. The molecule has 1 unspecified atom stereocenters. The molecular formula is C22H19N3O5. The van der Waals surface area contributed by atoms with Gasteiger partial charge in [0.1, 0.15) is 18.3 Å². The number of ether oxygens (including phenoxy) is 1. The molecule has 8 nitrogen and oxygen atoms in total. The number of imide groups is 1. The Bertz CT molecular complexity index is 1280. The van der Waals surface area contributed by atoms with Crippen molar-refractivity contribution in [2.45, 2.75) is 33.4 Å². The second-order valence-corrected chi connectivity index (χ2v) is 7.33. The molecule has 0 aliphatic carbocycles. The first-order valence-electron chi connectivity index (χ1n) is 9.40. The number of fused-ring (bicyclic) bond motifs is 2. The number of amides is 2. The SMILES string of the molecule is Cc1ccc2c(c1)C(=O)N(C(C)C(=O)OCc1cc(=O)n3cc(C)ccc3n1)C2=O. The third kappa shape index (κ3) is 3.26. The lowest BCUT2D eigenvalue weighted by molar-refractivity contribution is -0.149. The van der Waals surface area contributed by atoms with E-state index in [2.05, 4.69) is 4.98 Å². The smallest absolute Gasteiger partial charge is 0.329 e. The van der Waals surface area contributed by atoms with E-state index in [-0.39, 0.29) is 29.0 Å². The number of carbonyl (C=O) groups excluding carboxylic acids is 3. The Morgan fingerprint density at radius 1 is 1.00 bits per heavy atom. The number of esters is 1. The molecule has 1 aliphatic rings. The summed E-state index contributed by atoms with van der Waals surface area (Å²) in [4.78, 5) is 55.2. The van der Waals surface area contributed by atoms with E-state index in [0.29, 0.717) is 5.65 Å². The van der Waals surface area contributed by atoms with E-state index in [1.165, 1.54) is 17.4 Å². The van der Waals surface area contributed by atoms with E-state index >= 15 is 0 Å². The van der Waals surface area contributed by atoms with Crippen LogP contribution >= 0.6 is 0 Å². The maximum absolute atomic E-state index is 12.6. The summed E-state index contributed by atoms with van der Waals surface area (Å²) in [6, 6.07) is 8.65. The van der Waals surface area contributed by atoms with Crippen LogP contribution in [-0.2, 0) is 16.1 Å². The summed E-state index contributed by atoms with van der Waals surface area (Å²) in [5.41, 5.74) is 2.72. The van der Waals surface area contributed by atoms with E-state index in [1.54, 1.807) is 30.5 Å². The summed E-state index contributed by atoms with van der Waals surface area (Å²) in [5, 5.41) is 0. The summed E-state index contributed by atoms with van der Waals surface area (Å²) >= 11 is 0. The lowest BCUT2D eigenvalue weighted by atomic mass is 10.1. The maximum atomic E-state index is 12.6. The summed E-state index contributed by atoms with van der Waals surface area (Å²) in [5.74, 6) is -1.82. The molecular weight excluding hydrogens is 386 g/mol. The van der Waals surface area contributed by atoms with Crippen LogP contribution in [0.4, 0.5) is 0 Å². The van der Waals surface area contributed by atoms with E-state index in [4.69, 9.17) is 4.74 Å². The third-order valence-electron chi connectivity index (χ3n) is 5.02. The first-order valence-corrected chi connectivity index (χ1v) is 9.40. The number of aromatic nitrogens is 2. The van der Waals surface area contributed by atoms with Gasteiger partial charge in [-0.15, -0.1) is 0 Å². The predicted octanol–water partition coefficient (Wildman–Crippen LogP) is 2.04. The zero-order chi connectivity index (χ0) is 21.6. The quantitative estimate of drug-likeness (QED) is 0.487. The highest BCUT2D eigenvalue weighted by Crippen LogP contribution is 2.26. The van der Waals surface area contributed by atoms with E-state index in [0.717, 1.165) is 16.0 Å². The van der Waals surface area contributed by atoms with Crippen molar-refractivity contribution in [1.29, 1.82) is 0 Å². The number of hydrogen-bond donors (Lipinski definition) is 0. The van der Waals surface area contributed by atoms with Crippen molar-refractivity contribution in [2.75, 3.05) is 0 Å². The van der Waals surface area contributed by atoms with Crippen LogP contribution in [0.1, 0.15) is 44.5 Å². The first kappa shape index (κ1) is 19.5. The van der Waals surface area contributed by atoms with Crippen molar-refractivity contribution in [2.24, 2.45) is 0 Å². The minimum absolute atomic E-state index is 0.245. The van der Waals surface area contributed by atoms with Gasteiger partial charge in [-0.1, -0.05) is 17.7 Å². The number of nitrogens with zero attached hydrogens (tertiary/aromatic N) is 3. The van der Waals surface area contributed by atoms with Gasteiger partial charge in [-0.05, 0) is 44.5 Å². The number of rotatable bonds is 4. The lowest BCUT2D eigenvalue weighted by Crippen LogP contribution is -2.43. The monoisotopic (exact) mass is 405 g/mol. The Hall–Kier alpha value is -3.81. The number of hydrogen-bond acceptors (Lipinski definition) is 6. The highest BCUT2D eigenvalue weighted by atomic mass is 16.5. The molecule has 3 aromatic rings. The fourth-order valence-corrected chi connectivity index (χ4v) is 3.43. The molecule has 0 bridgehead atoms. The molecule has 4 rings (SSSR count). The average Bonchev–Trinajstić information content (AvgIpc) is 2.96. The fourth-order valence-electron chi connectivity index (χ4n) is 3.43. The minimum atomic E-state index is -1.11. The normalized spacial score (nSPS) is 14.2. The fraction of sp³-hybridized carbons (Fsp3) is 0.227. The molecule has 3 heterocycles. The van der Waals surface area contributed by atoms with Gasteiger partial charge in [0.15, 0.2) is 0 Å². The summed E-state index contributed by atoms with van der Waals surface area (Å²) < 4.78 is 6.66. The summed E-state index contributed by atoms with van der Waals surface area (Å²) in [6.45, 7) is 4.87. The number of aryl methyl sites for hydroxylation is 2. The standard InChI is InChI=1S/C22H19N3O5/c1-12-4-6-16-17(8-12)21(28)25(20(16)27)14(3)22(29)30-11-15-9-19(26)24-10-13(2)5-7-18(24)23-15/h4-10,14H,11H2,1-3H3. The molecule has 0 radical (unpaired) electrons. The van der Waals surface area contributed by atoms with Crippen molar-refractivity contribution >= 4 is 23.4 Å². The third-order valence-corrected chi connectivity index (χ3v) is 5.02. The van der Waals surface area contributed by atoms with Gasteiger partial charge in [0.25, 0.3) is 17.4 Å². The van der Waals surface area contributed by atoms with Gasteiger partial charge in [0.05, 0.1) is 16.8 Å². The largest absolute Gasteiger partial charge is 0.458 e. The van der Waals surface area contributed by atoms with Gasteiger partial charge in [0, 0.05) is 12.3 Å². The summed E-state index contributed by atoms with van der Waals surface area (Å²) in [7, 11) is 0. The molecule has 30 heavy (non-hydrogen) atoms. The van der Waals surface area contributed by atoms with Crippen LogP contribution in [0.15, 0.2) is 47.4 Å². The molecule has 1 aliphatic heterocycles. The maximum Gasteiger partial charge on any atom is 0.329 e. The molecule has 0 fully saturated rings. The van der Waals surface area contributed by atoms with Crippen LogP contribution in [0, 0.1) is 13.8 Å². The van der Waals surface area contributed by atoms with Crippen molar-refractivity contribution in [3.63, 3.8) is 0 Å². The van der Waals surface area contributed by atoms with Gasteiger partial charge in [-0.25, -0.2) is 9.78 Å². The molecule has 0 saturated heterocycles. The van der Waals surface area contributed by atoms with Gasteiger partial charge in [-0.2, -0.15) is 0 Å². The number of benzene rings is 1. The molecule has 1 atom stereocenters. The van der Waals surface area contributed by atoms with E-state index in [9.17, 15) is 19.2 Å². The molecule has 8 heteroatoms. The van der Waals surface area contributed by atoms with Crippen LogP contribution in [0.3, 0.4) is 0 Å². The molecule has 1 aromatic carbocycles. The van der Waals surface area contributed by atoms with Crippen LogP contribution in [0.25, 0.3) is 5.65 Å². The Morgan fingerprint density at radius 2 is 1.70 bits per heavy atom. The second-order valence-electron chi connectivity index (χ2n) is 7.33. The van der Waals surface area contributed by atoms with E-state index in [1.807, 2.05) is 19.9 Å². The van der Waals surface area contributed by atoms with Crippen LogP contribution in [0.5, 0.6) is 0 Å². The Morgan fingerprint density at radius 3 is 2.47 bits per heavy atom. The van der Waals surface area contributed by atoms with Crippen molar-refractivity contribution in [3.05, 3.63) is 80.9 Å². The summed E-state index contributed by atoms with van der Waals surface area (Å²) in [6.07, 6.45) is 1.67. The molecule has 0 saturated carbocycles. The van der Waals surface area contributed by atoms with Gasteiger partial charge < -0.3 is 4.74 Å². The molecule has 0 spiro atoms. The van der Waals surface area contributed by atoms with Gasteiger partial charge in [0.2, 0.25) is 0 Å². The first-order chi connectivity index (χ1) is 14.3. The van der Waals surface area contributed by atoms with Crippen LogP contribution in [0.2, 0.25) is 0 Å². The Kier molecular flexibility index (Phi) is 4.69. The lowest BCUT2D eigenvalue weighted by Gasteiger charge is -2.20. The molecule has 2 amide bonds. The average molecular weight is 405 g/mol. The number of pyridine rings is 1. The second kappa shape index (κ2) is 7.22. The van der Waals surface area contributed by atoms with Gasteiger partial charge >= 0.3 is 5.97 Å². The van der Waals surface area contributed by atoms with Crippen LogP contribution < -0.4 is 5.56 Å². The zero-order valence-electron chi connectivity index (χ0n) is 16.7. The van der Waals surface area contributed by atoms with Gasteiger partial charge in [-0.3, -0.25) is 23.7 Å². The molecule has 2 aromatic heterocycles. The van der Waals surface area contributed by atoms with Crippen molar-refractivity contribution in [3.8, 4) is 0 Å². The highest BCUT2D eigenvalue weighted by Gasteiger charge is 2.41. The number of carbonyl (C=O) groups is 3. The van der Waals surface area contributed by atoms with Crippen LogP contribution in [-0.4, -0.2) is 38.1 Å². The Labute approximate surface area is 171 Å². The highest BCUT2D eigenvalue weighted by molar-refractivity contribution is 6.22.